The van der Waals surface area contributed by atoms with E-state index >= 15 is 0 Å². The first-order valence-electron chi connectivity index (χ1n) is 8.17. The minimum absolute atomic E-state index is 0.0560. The fourth-order valence-corrected chi connectivity index (χ4v) is 3.41. The van der Waals surface area contributed by atoms with Gasteiger partial charge in [0.1, 0.15) is 11.4 Å². The van der Waals surface area contributed by atoms with Crippen LogP contribution in [0.3, 0.4) is 0 Å². The quantitative estimate of drug-likeness (QED) is 0.936. The third kappa shape index (κ3) is 3.17. The molecule has 1 N–H and O–H groups in total. The molecule has 0 spiro atoms. The van der Waals surface area contributed by atoms with Crippen LogP contribution >= 0.6 is 0 Å². The summed E-state index contributed by atoms with van der Waals surface area (Å²) in [5, 5.41) is 14.4. The number of nitrogens with zero attached hydrogens (tertiary/aromatic N) is 4. The molecule has 2 aromatic heterocycles. The van der Waals surface area contributed by atoms with Crippen molar-refractivity contribution < 1.29 is 9.90 Å². The number of aliphatic hydroxyl groups excluding tert-OH is 1. The molecule has 1 fully saturated rings. The van der Waals surface area contributed by atoms with Crippen LogP contribution in [0, 0.1) is 5.92 Å². The molecule has 0 radical (unpaired) electrons. The maximum atomic E-state index is 12.8. The fourth-order valence-electron chi connectivity index (χ4n) is 3.41. The van der Waals surface area contributed by atoms with E-state index in [0.717, 1.165) is 31.5 Å². The standard InChI is InChI=1S/C17H24N4O2/c1-19(12-13-7-3-4-8-15(13)22)17(23)14-11-18-20(2)16(14)21-9-5-6-10-21/h5-6,9-11,13,15,22H,3-4,7-8,12H2,1-2H3. The van der Waals surface area contributed by atoms with Crippen LogP contribution in [0.4, 0.5) is 0 Å². The lowest BCUT2D eigenvalue weighted by atomic mass is 9.86. The van der Waals surface area contributed by atoms with Crippen molar-refractivity contribution in [2.45, 2.75) is 31.8 Å². The Morgan fingerprint density at radius 2 is 2.04 bits per heavy atom. The minimum atomic E-state index is -0.295. The third-order valence-corrected chi connectivity index (χ3v) is 4.71. The normalized spacial score (nSPS) is 21.3. The van der Waals surface area contributed by atoms with Gasteiger partial charge in [0.05, 0.1) is 12.3 Å². The first-order valence-corrected chi connectivity index (χ1v) is 8.17. The van der Waals surface area contributed by atoms with E-state index in [1.807, 2.05) is 36.1 Å². The van der Waals surface area contributed by atoms with E-state index < -0.39 is 0 Å². The summed E-state index contributed by atoms with van der Waals surface area (Å²) in [4.78, 5) is 14.5. The number of hydrogen-bond donors (Lipinski definition) is 1. The van der Waals surface area contributed by atoms with Crippen molar-refractivity contribution in [2.75, 3.05) is 13.6 Å². The van der Waals surface area contributed by atoms with Gasteiger partial charge in [-0.25, -0.2) is 0 Å². The third-order valence-electron chi connectivity index (χ3n) is 4.71. The van der Waals surface area contributed by atoms with Gasteiger partial charge in [0.15, 0.2) is 0 Å². The molecule has 6 nitrogen and oxygen atoms in total. The lowest BCUT2D eigenvalue weighted by Gasteiger charge is -2.31. The van der Waals surface area contributed by atoms with E-state index in [9.17, 15) is 9.90 Å². The molecule has 2 unspecified atom stereocenters. The predicted octanol–water partition coefficient (Wildman–Crippen LogP) is 1.83. The summed E-state index contributed by atoms with van der Waals surface area (Å²) in [6.07, 6.45) is 9.16. The molecule has 1 aliphatic rings. The zero-order chi connectivity index (χ0) is 16.4. The van der Waals surface area contributed by atoms with Gasteiger partial charge >= 0.3 is 0 Å². The largest absolute Gasteiger partial charge is 0.393 e. The van der Waals surface area contributed by atoms with Crippen molar-refractivity contribution in [2.24, 2.45) is 13.0 Å². The SMILES string of the molecule is CN(CC1CCCCC1O)C(=O)c1cnn(C)c1-n1cccc1. The molecule has 0 aliphatic heterocycles. The van der Waals surface area contributed by atoms with Crippen LogP contribution in [0.5, 0.6) is 0 Å². The number of rotatable bonds is 4. The summed E-state index contributed by atoms with van der Waals surface area (Å²) >= 11 is 0. The minimum Gasteiger partial charge on any atom is -0.393 e. The lowest BCUT2D eigenvalue weighted by molar-refractivity contribution is 0.0451. The van der Waals surface area contributed by atoms with Crippen molar-refractivity contribution in [1.29, 1.82) is 0 Å². The van der Waals surface area contributed by atoms with E-state index in [4.69, 9.17) is 0 Å². The highest BCUT2D eigenvalue weighted by atomic mass is 16.3. The Balaban J connectivity index is 1.78. The molecule has 3 rings (SSSR count). The van der Waals surface area contributed by atoms with Crippen LogP contribution in [0.15, 0.2) is 30.7 Å². The van der Waals surface area contributed by atoms with Crippen LogP contribution < -0.4 is 0 Å². The second kappa shape index (κ2) is 6.58. The van der Waals surface area contributed by atoms with Crippen molar-refractivity contribution >= 4 is 5.91 Å². The first kappa shape index (κ1) is 15.8. The van der Waals surface area contributed by atoms with Gasteiger partial charge in [0.2, 0.25) is 0 Å². The molecular weight excluding hydrogens is 292 g/mol. The highest BCUT2D eigenvalue weighted by Gasteiger charge is 2.27. The van der Waals surface area contributed by atoms with Crippen molar-refractivity contribution in [1.82, 2.24) is 19.2 Å². The topological polar surface area (TPSA) is 63.3 Å². The average molecular weight is 316 g/mol. The maximum absolute atomic E-state index is 12.8. The highest BCUT2D eigenvalue weighted by Crippen LogP contribution is 2.25. The molecule has 1 amide bonds. The summed E-state index contributed by atoms with van der Waals surface area (Å²) in [5.74, 6) is 0.875. The molecule has 124 valence electrons. The van der Waals surface area contributed by atoms with E-state index in [1.165, 1.54) is 0 Å². The van der Waals surface area contributed by atoms with Gasteiger partial charge in [-0.2, -0.15) is 5.10 Å². The highest BCUT2D eigenvalue weighted by molar-refractivity contribution is 5.97. The number of carbonyl (C=O) groups is 1. The summed E-state index contributed by atoms with van der Waals surface area (Å²) in [7, 11) is 3.63. The molecule has 2 atom stereocenters. The maximum Gasteiger partial charge on any atom is 0.259 e. The number of amides is 1. The summed E-state index contributed by atoms with van der Waals surface area (Å²) < 4.78 is 3.60. The smallest absolute Gasteiger partial charge is 0.259 e. The molecule has 1 aliphatic carbocycles. The predicted molar refractivity (Wildman–Crippen MR) is 87.5 cm³/mol. The number of hydrogen-bond acceptors (Lipinski definition) is 3. The second-order valence-electron chi connectivity index (χ2n) is 6.39. The molecule has 6 heteroatoms. The van der Waals surface area contributed by atoms with Gasteiger partial charge < -0.3 is 14.6 Å². The van der Waals surface area contributed by atoms with Crippen molar-refractivity contribution in [3.05, 3.63) is 36.3 Å². The summed E-state index contributed by atoms with van der Waals surface area (Å²) in [6.45, 7) is 0.583. The lowest BCUT2D eigenvalue weighted by Crippen LogP contribution is -2.38. The molecule has 23 heavy (non-hydrogen) atoms. The number of aryl methyl sites for hydroxylation is 1. The van der Waals surface area contributed by atoms with Gasteiger partial charge in [-0.1, -0.05) is 12.8 Å². The zero-order valence-corrected chi connectivity index (χ0v) is 13.7. The Bertz CT molecular complexity index is 662. The van der Waals surface area contributed by atoms with Gasteiger partial charge in [-0.05, 0) is 25.0 Å². The first-order chi connectivity index (χ1) is 11.1. The number of aliphatic hydroxyl groups is 1. The Morgan fingerprint density at radius 3 is 2.74 bits per heavy atom. The van der Waals surface area contributed by atoms with Gasteiger partial charge in [-0.15, -0.1) is 0 Å². The van der Waals surface area contributed by atoms with Gasteiger partial charge in [-0.3, -0.25) is 9.48 Å². The van der Waals surface area contributed by atoms with Crippen LogP contribution in [0.2, 0.25) is 0 Å². The van der Waals surface area contributed by atoms with Gasteiger partial charge in [0.25, 0.3) is 5.91 Å². The molecule has 0 aromatic carbocycles. The van der Waals surface area contributed by atoms with E-state index in [-0.39, 0.29) is 17.9 Å². The van der Waals surface area contributed by atoms with Crippen LogP contribution in [-0.4, -0.2) is 50.0 Å². The Labute approximate surface area is 136 Å². The summed E-state index contributed by atoms with van der Waals surface area (Å²) in [5.41, 5.74) is 0.580. The van der Waals surface area contributed by atoms with Crippen LogP contribution in [0.1, 0.15) is 36.0 Å². The number of carbonyl (C=O) groups excluding carboxylic acids is 1. The second-order valence-corrected chi connectivity index (χ2v) is 6.39. The molecule has 0 bridgehead atoms. The Kier molecular flexibility index (Phi) is 4.52. The Hall–Kier alpha value is -2.08. The zero-order valence-electron chi connectivity index (χ0n) is 13.7. The number of aromatic nitrogens is 3. The van der Waals surface area contributed by atoms with Gasteiger partial charge in [0, 0.05) is 39.0 Å². The molecule has 2 aromatic rings. The monoisotopic (exact) mass is 316 g/mol. The van der Waals surface area contributed by atoms with Crippen molar-refractivity contribution in [3.8, 4) is 5.82 Å². The molecule has 2 heterocycles. The summed E-state index contributed by atoms with van der Waals surface area (Å²) in [6, 6.07) is 3.84. The van der Waals surface area contributed by atoms with E-state index in [1.54, 1.807) is 22.8 Å². The van der Waals surface area contributed by atoms with Crippen LogP contribution in [0.25, 0.3) is 5.82 Å². The molecule has 1 saturated carbocycles. The van der Waals surface area contributed by atoms with Crippen molar-refractivity contribution in [3.63, 3.8) is 0 Å². The van der Waals surface area contributed by atoms with Crippen LogP contribution in [-0.2, 0) is 7.05 Å². The Morgan fingerprint density at radius 1 is 1.35 bits per heavy atom. The van der Waals surface area contributed by atoms with E-state index in [2.05, 4.69) is 5.10 Å². The molecule has 0 saturated heterocycles. The fraction of sp³-hybridized carbons (Fsp3) is 0.529. The molecular formula is C17H24N4O2. The average Bonchev–Trinajstić information content (AvgIpc) is 3.17. The van der Waals surface area contributed by atoms with E-state index in [0.29, 0.717) is 12.1 Å².